The minimum Gasteiger partial charge on any atom is -0.377 e. The number of nitrogens with one attached hydrogen (secondary N) is 1. The molecule has 1 saturated heterocycles. The number of rotatable bonds is 8. The third-order valence-electron chi connectivity index (χ3n) is 4.01. The van der Waals surface area contributed by atoms with Crippen LogP contribution >= 0.6 is 11.6 Å². The van der Waals surface area contributed by atoms with Crippen molar-refractivity contribution in [1.82, 2.24) is 14.8 Å². The lowest BCUT2D eigenvalue weighted by molar-refractivity contribution is 0.0209. The number of hydrogen-bond acceptors (Lipinski definition) is 6. The topological polar surface area (TPSA) is 78.3 Å². The number of anilines is 1. The van der Waals surface area contributed by atoms with Crippen molar-refractivity contribution in [3.8, 4) is 0 Å². The van der Waals surface area contributed by atoms with Crippen molar-refractivity contribution >= 4 is 42.8 Å². The maximum absolute atomic E-state index is 11.5. The quantitative estimate of drug-likeness (QED) is 0.327. The maximum Gasteiger partial charge on any atom is 0.175 e. The van der Waals surface area contributed by atoms with Gasteiger partial charge in [-0.3, -0.25) is 4.79 Å². The first kappa shape index (κ1) is 18.3. The molecular formula is C16H23ClN4O3Si. The molecule has 0 aromatic carbocycles. The Balaban J connectivity index is 1.86. The fourth-order valence-electron chi connectivity index (χ4n) is 2.50. The third kappa shape index (κ3) is 4.38. The van der Waals surface area contributed by atoms with Crippen LogP contribution in [0.1, 0.15) is 10.4 Å². The van der Waals surface area contributed by atoms with Gasteiger partial charge in [-0.15, -0.1) is 0 Å². The molecule has 0 radical (unpaired) electrons. The van der Waals surface area contributed by atoms with E-state index < -0.39 is 8.07 Å². The summed E-state index contributed by atoms with van der Waals surface area (Å²) in [5, 5.41) is 8.11. The zero-order valence-corrected chi connectivity index (χ0v) is 16.5. The highest BCUT2D eigenvalue weighted by molar-refractivity contribution is 6.76. The van der Waals surface area contributed by atoms with Gasteiger partial charge in [0.25, 0.3) is 0 Å². The fraction of sp³-hybridized carbons (Fsp3) is 0.562. The summed E-state index contributed by atoms with van der Waals surface area (Å²) >= 11 is 6.06. The number of aromatic nitrogens is 3. The molecule has 1 aliphatic heterocycles. The summed E-state index contributed by atoms with van der Waals surface area (Å²) in [6.07, 6.45) is 0.770. The van der Waals surface area contributed by atoms with Crippen molar-refractivity contribution in [2.75, 3.05) is 25.1 Å². The molecule has 0 amide bonds. The molecule has 1 N–H and O–H groups in total. The molecule has 2 aromatic rings. The number of halogens is 1. The molecule has 0 aliphatic carbocycles. The van der Waals surface area contributed by atoms with E-state index in [-0.39, 0.29) is 17.9 Å². The minimum absolute atomic E-state index is 0.194. The number of aldehydes is 1. The van der Waals surface area contributed by atoms with Gasteiger partial charge in [0.2, 0.25) is 0 Å². The summed E-state index contributed by atoms with van der Waals surface area (Å²) in [6.45, 7) is 9.11. The van der Waals surface area contributed by atoms with Crippen LogP contribution in [-0.4, -0.2) is 55.0 Å². The standard InChI is InChI=1S/C16H23ClN4O3Si/c1-25(2,3)5-4-23-10-21-15-11(7-22)6-13(17)19-14(15)16(20-21)18-12-8-24-9-12/h6-7,12H,4-5,8-10H2,1-3H3,(H,18,20). The van der Waals surface area contributed by atoms with Crippen molar-refractivity contribution in [2.45, 2.75) is 38.5 Å². The van der Waals surface area contributed by atoms with Gasteiger partial charge in [0.1, 0.15) is 22.9 Å². The minimum atomic E-state index is -1.16. The number of hydrogen-bond donors (Lipinski definition) is 1. The summed E-state index contributed by atoms with van der Waals surface area (Å²) in [5.41, 5.74) is 1.67. The smallest absolute Gasteiger partial charge is 0.175 e. The van der Waals surface area contributed by atoms with Crippen LogP contribution in [0.5, 0.6) is 0 Å². The summed E-state index contributed by atoms with van der Waals surface area (Å²) in [6, 6.07) is 2.81. The number of carbonyl (C=O) groups is 1. The highest BCUT2D eigenvalue weighted by atomic mass is 35.5. The first-order chi connectivity index (χ1) is 11.9. The van der Waals surface area contributed by atoms with Crippen molar-refractivity contribution in [3.63, 3.8) is 0 Å². The molecular weight excluding hydrogens is 360 g/mol. The normalized spacial score (nSPS) is 15.4. The Bertz CT molecular complexity index is 771. The highest BCUT2D eigenvalue weighted by Gasteiger charge is 2.23. The van der Waals surface area contributed by atoms with E-state index in [1.54, 1.807) is 10.7 Å². The molecule has 0 atom stereocenters. The molecule has 2 aromatic heterocycles. The summed E-state index contributed by atoms with van der Waals surface area (Å²) in [5.74, 6) is 0.600. The van der Waals surface area contributed by atoms with E-state index in [0.29, 0.717) is 42.2 Å². The van der Waals surface area contributed by atoms with Crippen LogP contribution in [0.25, 0.3) is 11.0 Å². The molecule has 0 unspecified atom stereocenters. The van der Waals surface area contributed by atoms with Crippen LogP contribution in [0.4, 0.5) is 5.82 Å². The van der Waals surface area contributed by atoms with Crippen molar-refractivity contribution in [2.24, 2.45) is 0 Å². The lowest BCUT2D eigenvalue weighted by atomic mass is 10.2. The Hall–Kier alpha value is -1.48. The lowest BCUT2D eigenvalue weighted by Crippen LogP contribution is -2.40. The van der Waals surface area contributed by atoms with E-state index in [0.717, 1.165) is 12.3 Å². The summed E-state index contributed by atoms with van der Waals surface area (Å²) < 4.78 is 12.7. The molecule has 25 heavy (non-hydrogen) atoms. The molecule has 7 nitrogen and oxygen atoms in total. The first-order valence-electron chi connectivity index (χ1n) is 8.31. The maximum atomic E-state index is 11.5. The molecule has 136 valence electrons. The Morgan fingerprint density at radius 1 is 1.48 bits per heavy atom. The van der Waals surface area contributed by atoms with E-state index >= 15 is 0 Å². The van der Waals surface area contributed by atoms with Gasteiger partial charge >= 0.3 is 0 Å². The molecule has 3 heterocycles. The van der Waals surface area contributed by atoms with E-state index in [9.17, 15) is 4.79 Å². The van der Waals surface area contributed by atoms with Crippen molar-refractivity contribution in [3.05, 3.63) is 16.8 Å². The van der Waals surface area contributed by atoms with Gasteiger partial charge in [-0.25, -0.2) is 9.67 Å². The SMILES string of the molecule is C[Si](C)(C)CCOCn1nc(NC2COC2)c2nc(Cl)cc(C=O)c21. The Kier molecular flexibility index (Phi) is 5.43. The molecule has 9 heteroatoms. The van der Waals surface area contributed by atoms with Crippen LogP contribution in [0.2, 0.25) is 30.8 Å². The van der Waals surface area contributed by atoms with Gasteiger partial charge < -0.3 is 14.8 Å². The third-order valence-corrected chi connectivity index (χ3v) is 5.91. The second kappa shape index (κ2) is 7.41. The zero-order valence-electron chi connectivity index (χ0n) is 14.7. The molecule has 0 spiro atoms. The first-order valence-corrected chi connectivity index (χ1v) is 12.4. The Labute approximate surface area is 152 Å². The van der Waals surface area contributed by atoms with Gasteiger partial charge in [0.05, 0.1) is 19.3 Å². The largest absolute Gasteiger partial charge is 0.377 e. The Morgan fingerprint density at radius 2 is 2.24 bits per heavy atom. The number of ether oxygens (including phenoxy) is 2. The second-order valence-electron chi connectivity index (χ2n) is 7.42. The number of fused-ring (bicyclic) bond motifs is 1. The van der Waals surface area contributed by atoms with Gasteiger partial charge in [0.15, 0.2) is 12.1 Å². The second-order valence-corrected chi connectivity index (χ2v) is 13.4. The summed E-state index contributed by atoms with van der Waals surface area (Å²) in [7, 11) is -1.16. The molecule has 3 rings (SSSR count). The number of nitrogens with zero attached hydrogens (tertiary/aromatic N) is 3. The lowest BCUT2D eigenvalue weighted by Gasteiger charge is -2.26. The average Bonchev–Trinajstić information content (AvgIpc) is 2.83. The summed E-state index contributed by atoms with van der Waals surface area (Å²) in [4.78, 5) is 15.8. The zero-order chi connectivity index (χ0) is 18.0. The van der Waals surface area contributed by atoms with Crippen molar-refractivity contribution in [1.29, 1.82) is 0 Å². The van der Waals surface area contributed by atoms with Crippen molar-refractivity contribution < 1.29 is 14.3 Å². The van der Waals surface area contributed by atoms with E-state index in [1.807, 2.05) is 0 Å². The monoisotopic (exact) mass is 382 g/mol. The van der Waals surface area contributed by atoms with Crippen LogP contribution in [-0.2, 0) is 16.2 Å². The molecule has 1 fully saturated rings. The average molecular weight is 383 g/mol. The van der Waals surface area contributed by atoms with Crippen LogP contribution in [0.3, 0.4) is 0 Å². The van der Waals surface area contributed by atoms with Gasteiger partial charge in [-0.05, 0) is 12.1 Å². The molecule has 0 bridgehead atoms. The number of carbonyl (C=O) groups excluding carboxylic acids is 1. The fourth-order valence-corrected chi connectivity index (χ4v) is 3.46. The van der Waals surface area contributed by atoms with E-state index in [1.165, 1.54) is 0 Å². The molecule has 0 saturated carbocycles. The van der Waals surface area contributed by atoms with E-state index in [4.69, 9.17) is 21.1 Å². The predicted molar refractivity (Wildman–Crippen MR) is 100 cm³/mol. The van der Waals surface area contributed by atoms with Gasteiger partial charge in [0, 0.05) is 20.2 Å². The van der Waals surface area contributed by atoms with Gasteiger partial charge in [-0.2, -0.15) is 5.10 Å². The highest BCUT2D eigenvalue weighted by Crippen LogP contribution is 2.27. The molecule has 1 aliphatic rings. The predicted octanol–water partition coefficient (Wildman–Crippen LogP) is 3.02. The van der Waals surface area contributed by atoms with Crippen LogP contribution in [0.15, 0.2) is 6.07 Å². The van der Waals surface area contributed by atoms with Crippen LogP contribution < -0.4 is 5.32 Å². The number of pyridine rings is 1. The van der Waals surface area contributed by atoms with Gasteiger partial charge in [-0.1, -0.05) is 31.2 Å². The van der Waals surface area contributed by atoms with E-state index in [2.05, 4.69) is 35.0 Å². The van der Waals surface area contributed by atoms with Crippen LogP contribution in [0, 0.1) is 0 Å². The Morgan fingerprint density at radius 3 is 2.84 bits per heavy atom.